The van der Waals surface area contributed by atoms with E-state index in [1.54, 1.807) is 12.1 Å². The molecule has 1 fully saturated rings. The van der Waals surface area contributed by atoms with Crippen molar-refractivity contribution >= 4 is 0 Å². The minimum Gasteiger partial charge on any atom is -0.504 e. The van der Waals surface area contributed by atoms with E-state index in [1.165, 1.54) is 12.8 Å². The molecule has 0 unspecified atom stereocenters. The molecule has 1 aliphatic carbocycles. The van der Waals surface area contributed by atoms with Crippen molar-refractivity contribution in [3.63, 3.8) is 0 Å². The van der Waals surface area contributed by atoms with Gasteiger partial charge in [0.2, 0.25) is 0 Å². The van der Waals surface area contributed by atoms with Crippen LogP contribution in [0.3, 0.4) is 0 Å². The summed E-state index contributed by atoms with van der Waals surface area (Å²) in [6, 6.07) is 3.31. The summed E-state index contributed by atoms with van der Waals surface area (Å²) >= 11 is 0. The summed E-state index contributed by atoms with van der Waals surface area (Å²) in [5.74, 6) is 1.86. The van der Waals surface area contributed by atoms with Crippen molar-refractivity contribution in [1.82, 2.24) is 0 Å². The predicted octanol–water partition coefficient (Wildman–Crippen LogP) is 2.87. The number of aromatic hydroxyl groups is 1. The van der Waals surface area contributed by atoms with Gasteiger partial charge in [-0.25, -0.2) is 0 Å². The Labute approximate surface area is 106 Å². The Kier molecular flexibility index (Phi) is 2.94. The molecule has 1 heterocycles. The van der Waals surface area contributed by atoms with Crippen LogP contribution in [0, 0.1) is 0 Å². The van der Waals surface area contributed by atoms with Crippen LogP contribution in [-0.2, 0) is 0 Å². The van der Waals surface area contributed by atoms with E-state index in [1.807, 2.05) is 6.92 Å². The molecule has 0 radical (unpaired) electrons. The van der Waals surface area contributed by atoms with Crippen molar-refractivity contribution < 1.29 is 19.3 Å². The molecule has 0 amide bonds. The molecule has 1 N–H and O–H groups in total. The number of ether oxygens (including phenoxy) is 3. The number of hydrogen-bond acceptors (Lipinski definition) is 4. The Morgan fingerprint density at radius 3 is 2.39 bits per heavy atom. The number of rotatable bonds is 2. The third-order valence-electron chi connectivity index (χ3n) is 3.52. The quantitative estimate of drug-likeness (QED) is 0.876. The minimum absolute atomic E-state index is 0.105. The predicted molar refractivity (Wildman–Crippen MR) is 66.6 cm³/mol. The average molecular weight is 250 g/mol. The Morgan fingerprint density at radius 2 is 1.78 bits per heavy atom. The first-order valence-corrected chi connectivity index (χ1v) is 6.61. The molecule has 1 aromatic carbocycles. The standard InChI is InChI=1S/C14H18O4/c1-2-16-12-8-14-13(7-9(12)15)17-10-5-3-4-6-11(10)18-14/h7-8,10-11,15H,2-6H2,1H3/t10-,11+/m1/s1. The molecule has 2 atom stereocenters. The molecule has 1 aliphatic heterocycles. The fraction of sp³-hybridized carbons (Fsp3) is 0.571. The van der Waals surface area contributed by atoms with Crippen molar-refractivity contribution in [1.29, 1.82) is 0 Å². The number of benzene rings is 1. The third kappa shape index (κ3) is 1.96. The van der Waals surface area contributed by atoms with Crippen LogP contribution in [0.5, 0.6) is 23.0 Å². The monoisotopic (exact) mass is 250 g/mol. The molecule has 0 spiro atoms. The molecule has 0 saturated heterocycles. The summed E-state index contributed by atoms with van der Waals surface area (Å²) < 4.78 is 17.2. The van der Waals surface area contributed by atoms with Crippen LogP contribution < -0.4 is 14.2 Å². The molecule has 0 aromatic heterocycles. The molecule has 1 aromatic rings. The Morgan fingerprint density at radius 1 is 1.17 bits per heavy atom. The SMILES string of the molecule is CCOc1cc2c(cc1O)O[C@@H]1CCCC[C@@H]1O2. The molecule has 2 aliphatic rings. The zero-order chi connectivity index (χ0) is 12.5. The van der Waals surface area contributed by atoms with Crippen LogP contribution in [0.25, 0.3) is 0 Å². The maximum absolute atomic E-state index is 9.83. The second kappa shape index (κ2) is 4.59. The number of hydrogen-bond donors (Lipinski definition) is 1. The van der Waals surface area contributed by atoms with E-state index in [2.05, 4.69) is 0 Å². The zero-order valence-corrected chi connectivity index (χ0v) is 10.5. The van der Waals surface area contributed by atoms with E-state index in [9.17, 15) is 5.11 Å². The fourth-order valence-corrected chi connectivity index (χ4v) is 2.64. The first-order chi connectivity index (χ1) is 8.78. The van der Waals surface area contributed by atoms with Crippen molar-refractivity contribution in [2.24, 2.45) is 0 Å². The summed E-state index contributed by atoms with van der Waals surface area (Å²) in [5, 5.41) is 9.83. The van der Waals surface area contributed by atoms with Crippen LogP contribution in [-0.4, -0.2) is 23.9 Å². The summed E-state index contributed by atoms with van der Waals surface area (Å²) in [6.45, 7) is 2.40. The molecule has 18 heavy (non-hydrogen) atoms. The second-order valence-corrected chi connectivity index (χ2v) is 4.80. The van der Waals surface area contributed by atoms with Gasteiger partial charge in [-0.2, -0.15) is 0 Å². The fourth-order valence-electron chi connectivity index (χ4n) is 2.64. The van der Waals surface area contributed by atoms with Gasteiger partial charge in [-0.05, 0) is 32.6 Å². The minimum atomic E-state index is 0.105. The average Bonchev–Trinajstić information content (AvgIpc) is 2.38. The summed E-state index contributed by atoms with van der Waals surface area (Å²) in [5.41, 5.74) is 0. The highest BCUT2D eigenvalue weighted by Crippen LogP contribution is 2.44. The van der Waals surface area contributed by atoms with Gasteiger partial charge < -0.3 is 19.3 Å². The van der Waals surface area contributed by atoms with Gasteiger partial charge in [0.25, 0.3) is 0 Å². The lowest BCUT2D eigenvalue weighted by atomic mass is 9.93. The largest absolute Gasteiger partial charge is 0.504 e. The van der Waals surface area contributed by atoms with Crippen molar-refractivity contribution in [3.8, 4) is 23.0 Å². The van der Waals surface area contributed by atoms with Crippen LogP contribution in [0.15, 0.2) is 12.1 Å². The van der Waals surface area contributed by atoms with Crippen LogP contribution in [0.2, 0.25) is 0 Å². The van der Waals surface area contributed by atoms with Gasteiger partial charge in [-0.3, -0.25) is 0 Å². The Hall–Kier alpha value is -1.58. The van der Waals surface area contributed by atoms with E-state index >= 15 is 0 Å². The Bertz CT molecular complexity index is 444. The van der Waals surface area contributed by atoms with Gasteiger partial charge in [0.05, 0.1) is 6.61 Å². The van der Waals surface area contributed by atoms with Crippen molar-refractivity contribution in [3.05, 3.63) is 12.1 Å². The van der Waals surface area contributed by atoms with Crippen molar-refractivity contribution in [2.45, 2.75) is 44.8 Å². The molecule has 4 nitrogen and oxygen atoms in total. The smallest absolute Gasteiger partial charge is 0.165 e. The van der Waals surface area contributed by atoms with E-state index in [-0.39, 0.29) is 18.0 Å². The second-order valence-electron chi connectivity index (χ2n) is 4.80. The van der Waals surface area contributed by atoms with Gasteiger partial charge in [-0.1, -0.05) is 0 Å². The van der Waals surface area contributed by atoms with E-state index in [4.69, 9.17) is 14.2 Å². The lowest BCUT2D eigenvalue weighted by Crippen LogP contribution is -2.41. The molecule has 4 heteroatoms. The van der Waals surface area contributed by atoms with Crippen LogP contribution in [0.4, 0.5) is 0 Å². The molecular formula is C14H18O4. The molecule has 1 saturated carbocycles. The number of phenolic OH excluding ortho intramolecular Hbond substituents is 1. The van der Waals surface area contributed by atoms with Crippen molar-refractivity contribution in [2.75, 3.05) is 6.61 Å². The lowest BCUT2D eigenvalue weighted by Gasteiger charge is -2.37. The highest BCUT2D eigenvalue weighted by atomic mass is 16.6. The third-order valence-corrected chi connectivity index (χ3v) is 3.52. The summed E-state index contributed by atoms with van der Waals surface area (Å²) in [6.07, 6.45) is 4.71. The zero-order valence-electron chi connectivity index (χ0n) is 10.5. The molecular weight excluding hydrogens is 232 g/mol. The van der Waals surface area contributed by atoms with Crippen LogP contribution in [0.1, 0.15) is 32.6 Å². The topological polar surface area (TPSA) is 47.9 Å². The number of fused-ring (bicyclic) bond motifs is 2. The lowest BCUT2D eigenvalue weighted by molar-refractivity contribution is -0.00648. The summed E-state index contributed by atoms with van der Waals surface area (Å²) in [7, 11) is 0. The number of phenols is 1. The highest BCUT2D eigenvalue weighted by molar-refractivity contribution is 5.54. The van der Waals surface area contributed by atoms with E-state index < -0.39 is 0 Å². The van der Waals surface area contributed by atoms with Gasteiger partial charge in [0, 0.05) is 12.1 Å². The van der Waals surface area contributed by atoms with Gasteiger partial charge in [0.1, 0.15) is 12.2 Å². The van der Waals surface area contributed by atoms with Gasteiger partial charge >= 0.3 is 0 Å². The van der Waals surface area contributed by atoms with E-state index in [0.717, 1.165) is 12.8 Å². The van der Waals surface area contributed by atoms with Gasteiger partial charge in [-0.15, -0.1) is 0 Å². The maximum atomic E-state index is 9.83. The first kappa shape index (κ1) is 11.5. The van der Waals surface area contributed by atoms with Crippen LogP contribution >= 0.6 is 0 Å². The summed E-state index contributed by atoms with van der Waals surface area (Å²) in [4.78, 5) is 0. The Balaban J connectivity index is 1.90. The molecule has 3 rings (SSSR count). The molecule has 98 valence electrons. The normalized spacial score (nSPS) is 25.4. The van der Waals surface area contributed by atoms with E-state index in [0.29, 0.717) is 23.9 Å². The van der Waals surface area contributed by atoms with Gasteiger partial charge in [0.15, 0.2) is 23.0 Å². The maximum Gasteiger partial charge on any atom is 0.165 e. The first-order valence-electron chi connectivity index (χ1n) is 6.61. The molecule has 0 bridgehead atoms. The highest BCUT2D eigenvalue weighted by Gasteiger charge is 2.34.